The van der Waals surface area contributed by atoms with Crippen LogP contribution < -0.4 is 20.2 Å². The minimum absolute atomic E-state index is 0.0376. The van der Waals surface area contributed by atoms with Crippen molar-refractivity contribution in [1.82, 2.24) is 14.8 Å². The normalized spacial score (nSPS) is 27.6. The Labute approximate surface area is 434 Å². The second-order valence-electron chi connectivity index (χ2n) is 20.2. The van der Waals surface area contributed by atoms with E-state index in [1.165, 1.54) is 53.2 Å². The molecule has 4 N–H and O–H groups in total. The van der Waals surface area contributed by atoms with Gasteiger partial charge in [-0.3, -0.25) is 28.9 Å². The number of phenolic OH excluding ortho intramolecular Hbond substituents is 1. The van der Waals surface area contributed by atoms with Crippen LogP contribution in [0.4, 0.5) is 5.69 Å². The second-order valence-corrected chi connectivity index (χ2v) is 20.2. The summed E-state index contributed by atoms with van der Waals surface area (Å²) in [6.45, 7) is 17.8. The van der Waals surface area contributed by atoms with Crippen molar-refractivity contribution in [3.63, 3.8) is 0 Å². The summed E-state index contributed by atoms with van der Waals surface area (Å²) >= 11 is 0. The van der Waals surface area contributed by atoms with Gasteiger partial charge in [-0.05, 0) is 43.2 Å². The maximum Gasteiger partial charge on any atom is 0.312 e. The molecule has 4 heterocycles. The number of hydrogen-bond donors (Lipinski definition) is 4. The number of ether oxygens (including phenoxy) is 5. The Morgan fingerprint density at radius 1 is 0.907 bits per heavy atom. The van der Waals surface area contributed by atoms with Crippen molar-refractivity contribution in [1.29, 1.82) is 0 Å². The molecule has 1 fully saturated rings. The lowest BCUT2D eigenvalue weighted by Crippen LogP contribution is -2.47. The summed E-state index contributed by atoms with van der Waals surface area (Å²) in [5, 5.41) is 37.4. The molecule has 1 saturated heterocycles. The number of nitrogens with zero attached hydrogens (tertiary/aromatic N) is 3. The number of aromatic hydroxyl groups is 1. The monoisotopic (exact) mass is 1030 g/mol. The lowest BCUT2D eigenvalue weighted by atomic mass is 9.78. The molecular formula is C57H66N4O14. The van der Waals surface area contributed by atoms with E-state index < -0.39 is 82.7 Å². The van der Waals surface area contributed by atoms with Crippen molar-refractivity contribution in [3.05, 3.63) is 111 Å². The van der Waals surface area contributed by atoms with Crippen LogP contribution in [0.25, 0.3) is 33.3 Å². The molecule has 9 atom stereocenters. The molecule has 0 unspecified atom stereocenters. The number of methoxy groups -OCH3 is 1. The third-order valence-electron chi connectivity index (χ3n) is 14.9. The number of aliphatic hydroxyl groups is 2. The van der Waals surface area contributed by atoms with Gasteiger partial charge in [0.15, 0.2) is 11.3 Å². The van der Waals surface area contributed by atoms with Gasteiger partial charge in [-0.15, -0.1) is 0 Å². The molecule has 18 nitrogen and oxygen atoms in total. The molecule has 75 heavy (non-hydrogen) atoms. The largest absolute Gasteiger partial charge is 0.507 e. The van der Waals surface area contributed by atoms with Gasteiger partial charge in [0.05, 0.1) is 35.5 Å². The Bertz CT molecular complexity index is 3150. The predicted octanol–water partition coefficient (Wildman–Crippen LogP) is 7.19. The number of esters is 1. The van der Waals surface area contributed by atoms with E-state index in [2.05, 4.69) is 16.3 Å². The molecule has 0 saturated carbocycles. The molecule has 4 aliphatic heterocycles. The fourth-order valence-electron chi connectivity index (χ4n) is 10.4. The van der Waals surface area contributed by atoms with Gasteiger partial charge in [0.25, 0.3) is 11.7 Å². The van der Waals surface area contributed by atoms with Gasteiger partial charge in [-0.1, -0.05) is 76.3 Å². The average molecular weight is 1030 g/mol. The van der Waals surface area contributed by atoms with Crippen molar-refractivity contribution in [2.24, 2.45) is 23.7 Å². The number of aliphatic hydroxyl groups excluding tert-OH is 2. The number of benzene rings is 4. The lowest BCUT2D eigenvalue weighted by molar-refractivity contribution is -0.160. The molecule has 398 valence electrons. The first-order valence-corrected chi connectivity index (χ1v) is 25.2. The molecule has 2 amide bonds. The number of carbonyl (C=O) groups is 4. The number of piperazine rings is 1. The Balaban J connectivity index is 1.24. The van der Waals surface area contributed by atoms with E-state index in [4.69, 9.17) is 33.1 Å². The van der Waals surface area contributed by atoms with E-state index in [0.717, 1.165) is 24.2 Å². The van der Waals surface area contributed by atoms with Crippen LogP contribution in [0.2, 0.25) is 0 Å². The topological polar surface area (TPSA) is 237 Å². The minimum Gasteiger partial charge on any atom is -0.507 e. The first kappa shape index (κ1) is 54.2. The Morgan fingerprint density at radius 2 is 1.61 bits per heavy atom. The van der Waals surface area contributed by atoms with Crippen molar-refractivity contribution in [2.45, 2.75) is 106 Å². The number of amides is 2. The van der Waals surface area contributed by atoms with Crippen molar-refractivity contribution in [2.75, 3.05) is 38.6 Å². The second kappa shape index (κ2) is 22.0. The summed E-state index contributed by atoms with van der Waals surface area (Å²) in [6, 6.07) is 13.0. The summed E-state index contributed by atoms with van der Waals surface area (Å²) in [7, 11) is 1.44. The highest BCUT2D eigenvalue weighted by atomic mass is 16.7. The van der Waals surface area contributed by atoms with Crippen molar-refractivity contribution >= 4 is 51.1 Å². The number of phenols is 1. The molecule has 3 aromatic carbocycles. The zero-order valence-electron chi connectivity index (χ0n) is 44.0. The fourth-order valence-corrected chi connectivity index (χ4v) is 10.4. The number of Topliss-reactive ketones (excluding diaryl/α,β-unsaturated/α-hetero) is 1. The van der Waals surface area contributed by atoms with Crippen LogP contribution in [0.3, 0.4) is 0 Å². The molecule has 3 aromatic rings. The number of nitrogens with one attached hydrogen (secondary N) is 1. The summed E-state index contributed by atoms with van der Waals surface area (Å²) in [5.74, 6) is -7.16. The molecular weight excluding hydrogens is 965 g/mol. The molecule has 0 spiro atoms. The third kappa shape index (κ3) is 10.7. The molecule has 0 aromatic heterocycles. The van der Waals surface area contributed by atoms with Crippen LogP contribution in [-0.4, -0.2) is 117 Å². The van der Waals surface area contributed by atoms with Crippen LogP contribution in [0, 0.1) is 30.6 Å². The van der Waals surface area contributed by atoms with E-state index in [1.807, 2.05) is 23.1 Å². The van der Waals surface area contributed by atoms with Crippen molar-refractivity contribution < 1.29 is 62.6 Å². The molecule has 0 radical (unpaired) electrons. The van der Waals surface area contributed by atoms with Crippen LogP contribution in [0.5, 0.6) is 17.2 Å². The zero-order chi connectivity index (χ0) is 54.2. The molecule has 5 aliphatic rings. The number of fused-ring (bicyclic) bond motifs is 2. The van der Waals surface area contributed by atoms with Gasteiger partial charge in [-0.2, -0.15) is 0 Å². The van der Waals surface area contributed by atoms with E-state index in [9.17, 15) is 39.3 Å². The predicted molar refractivity (Wildman–Crippen MR) is 279 cm³/mol. The Kier molecular flexibility index (Phi) is 15.9. The molecule has 4 bridgehead atoms. The standard InChI is InChI=1S/C57H66N4O14/c1-29-14-11-15-30(2)56(69)59-47-51(67)43-42(46-54(47)74-41-19-13-18-40(45(41)58-46)71-28-38-17-12-16-37(26-38)27-60-21-23-61(24-22-60)35(7)62)44-53(34(6)50(43)66)75-57(9,55(44)68)72-25-20-39(70-10)31(3)52(73-36(8)63)33(5)49(65)32(4)48(29)64/h11-20,25-26,29,31-33,39,48-49,52,64-66H,21-24,27-28H2,1-10H3,(H,59,69)/b14-11+,25-20+,30-15-/t29-,31+,32+,33+,39-,48-,49+,52+,57-/m0/s1. The van der Waals surface area contributed by atoms with Gasteiger partial charge < -0.3 is 53.6 Å². The number of carbonyl (C=O) groups excluding carboxylic acids is 4. The molecule has 8 rings (SSSR count). The van der Waals surface area contributed by atoms with Crippen LogP contribution in [-0.2, 0) is 41.7 Å². The van der Waals surface area contributed by atoms with Crippen LogP contribution in [0.15, 0.2) is 87.8 Å². The highest BCUT2D eigenvalue weighted by Gasteiger charge is 2.50. The number of rotatable bonds is 7. The molecule has 18 heteroatoms. The van der Waals surface area contributed by atoms with Gasteiger partial charge in [0.1, 0.15) is 46.9 Å². The van der Waals surface area contributed by atoms with Crippen LogP contribution in [0.1, 0.15) is 82.4 Å². The quantitative estimate of drug-likeness (QED) is 0.0717. The van der Waals surface area contributed by atoms with Gasteiger partial charge in [0, 0.05) is 101 Å². The fraction of sp³-hybridized carbons (Fsp3) is 0.439. The van der Waals surface area contributed by atoms with Crippen LogP contribution >= 0.6 is 0 Å². The number of aromatic nitrogens is 1. The molecule has 1 aliphatic carbocycles. The van der Waals surface area contributed by atoms with E-state index in [1.54, 1.807) is 65.0 Å². The Hall–Kier alpha value is -7.12. The smallest absolute Gasteiger partial charge is 0.312 e. The number of anilines is 1. The SMILES string of the molecule is CO[C@H]1/C=C/O[C@@]2(C)Oc3c(C)c(O)c4c(=O)c(c5oc6cccc(OCc7cccc(CN8CCN(C(C)=O)CC8)c7)c6nc-5c4c3C2=O)NC(=O)/C(C)=C\C=C\[C@H](C)[C@H](O)[C@@H](C)[C@@H](O)[C@@H](C)[C@H](OC(C)=O)[C@@H]1C. The van der Waals surface area contributed by atoms with E-state index in [-0.39, 0.29) is 74.0 Å². The zero-order valence-corrected chi connectivity index (χ0v) is 44.0. The van der Waals surface area contributed by atoms with Gasteiger partial charge in [-0.25, -0.2) is 4.98 Å². The first-order chi connectivity index (χ1) is 35.6. The Morgan fingerprint density at radius 3 is 2.31 bits per heavy atom. The first-order valence-electron chi connectivity index (χ1n) is 25.2. The average Bonchev–Trinajstić information content (AvgIpc) is 3.65. The number of ketones is 1. The van der Waals surface area contributed by atoms with Gasteiger partial charge >= 0.3 is 11.8 Å². The minimum atomic E-state index is -2.09. The maximum atomic E-state index is 15.0. The highest BCUT2D eigenvalue weighted by Crippen LogP contribution is 2.51. The number of para-hydroxylation sites is 1. The third-order valence-corrected chi connectivity index (χ3v) is 14.9. The van der Waals surface area contributed by atoms with E-state index >= 15 is 0 Å². The number of hydrogen-bond acceptors (Lipinski definition) is 16. The lowest BCUT2D eigenvalue weighted by Gasteiger charge is -2.38. The number of allylic oxidation sites excluding steroid dienone is 2. The summed E-state index contributed by atoms with van der Waals surface area (Å²) in [6.07, 6.45) is 3.50. The van der Waals surface area contributed by atoms with E-state index in [0.29, 0.717) is 25.4 Å². The highest BCUT2D eigenvalue weighted by molar-refractivity contribution is 6.22. The maximum absolute atomic E-state index is 15.0. The summed E-state index contributed by atoms with van der Waals surface area (Å²) < 4.78 is 37.1. The summed E-state index contributed by atoms with van der Waals surface area (Å²) in [5.41, 5.74) is 1.06. The van der Waals surface area contributed by atoms with Gasteiger partial charge in [0.2, 0.25) is 11.3 Å². The van der Waals surface area contributed by atoms with Crippen molar-refractivity contribution in [3.8, 4) is 28.7 Å². The summed E-state index contributed by atoms with van der Waals surface area (Å²) in [4.78, 5) is 77.6.